The van der Waals surface area contributed by atoms with E-state index in [4.69, 9.17) is 0 Å². The molecule has 0 aliphatic heterocycles. The lowest BCUT2D eigenvalue weighted by Crippen LogP contribution is -2.13. The quantitative estimate of drug-likeness (QED) is 0.871. The summed E-state index contributed by atoms with van der Waals surface area (Å²) in [4.78, 5) is 2.17. The predicted octanol–water partition coefficient (Wildman–Crippen LogP) is 3.04. The number of phenols is 1. The third-order valence-electron chi connectivity index (χ3n) is 3.05. The smallest absolute Gasteiger partial charge is 0.119 e. The lowest BCUT2D eigenvalue weighted by atomic mass is 10.00. The summed E-state index contributed by atoms with van der Waals surface area (Å²) in [6, 6.07) is 12.0. The van der Waals surface area contributed by atoms with Crippen LogP contribution in [0.1, 0.15) is 12.0 Å². The van der Waals surface area contributed by atoms with Gasteiger partial charge in [-0.15, -0.1) is 0 Å². The number of aryl methyl sites for hydroxylation is 1. The van der Waals surface area contributed by atoms with Gasteiger partial charge in [-0.3, -0.25) is 0 Å². The van der Waals surface area contributed by atoms with Crippen molar-refractivity contribution in [1.82, 2.24) is 4.90 Å². The Morgan fingerprint density at radius 3 is 2.59 bits per heavy atom. The van der Waals surface area contributed by atoms with Crippen LogP contribution in [0.5, 0.6) is 5.75 Å². The first-order valence-electron chi connectivity index (χ1n) is 6.03. The zero-order valence-corrected chi connectivity index (χ0v) is 10.5. The highest BCUT2D eigenvalue weighted by Gasteiger charge is 2.06. The van der Waals surface area contributed by atoms with Crippen molar-refractivity contribution in [3.8, 4) is 5.75 Å². The van der Waals surface area contributed by atoms with Gasteiger partial charge >= 0.3 is 0 Å². The first-order valence-corrected chi connectivity index (χ1v) is 6.03. The Labute approximate surface area is 102 Å². The van der Waals surface area contributed by atoms with E-state index in [-0.39, 0.29) is 0 Å². The Balaban J connectivity index is 2.28. The maximum Gasteiger partial charge on any atom is 0.119 e. The van der Waals surface area contributed by atoms with Crippen LogP contribution < -0.4 is 0 Å². The molecular weight excluding hydrogens is 210 g/mol. The summed E-state index contributed by atoms with van der Waals surface area (Å²) in [5.41, 5.74) is 1.07. The van der Waals surface area contributed by atoms with E-state index in [2.05, 4.69) is 31.1 Å². The molecule has 0 heterocycles. The van der Waals surface area contributed by atoms with Gasteiger partial charge in [0.15, 0.2) is 0 Å². The van der Waals surface area contributed by atoms with Crippen molar-refractivity contribution in [3.63, 3.8) is 0 Å². The Morgan fingerprint density at radius 2 is 1.82 bits per heavy atom. The number of benzene rings is 2. The number of rotatable bonds is 4. The van der Waals surface area contributed by atoms with E-state index in [1.165, 1.54) is 10.8 Å². The fourth-order valence-corrected chi connectivity index (χ4v) is 2.16. The lowest BCUT2D eigenvalue weighted by molar-refractivity contribution is 0.398. The van der Waals surface area contributed by atoms with Gasteiger partial charge in [-0.05, 0) is 50.3 Å². The van der Waals surface area contributed by atoms with Crippen molar-refractivity contribution >= 4 is 10.8 Å². The second kappa shape index (κ2) is 5.19. The zero-order chi connectivity index (χ0) is 12.3. The van der Waals surface area contributed by atoms with Gasteiger partial charge in [-0.1, -0.05) is 30.3 Å². The summed E-state index contributed by atoms with van der Waals surface area (Å²) >= 11 is 0. The molecule has 0 fully saturated rings. The van der Waals surface area contributed by atoms with Gasteiger partial charge in [0.1, 0.15) is 5.75 Å². The Hall–Kier alpha value is -1.54. The molecule has 0 atom stereocenters. The minimum absolute atomic E-state index is 0.419. The van der Waals surface area contributed by atoms with Gasteiger partial charge in [0.05, 0.1) is 0 Å². The largest absolute Gasteiger partial charge is 0.508 e. The summed E-state index contributed by atoms with van der Waals surface area (Å²) in [6.45, 7) is 1.04. The summed E-state index contributed by atoms with van der Waals surface area (Å²) in [5, 5.41) is 12.3. The first kappa shape index (κ1) is 11.9. The van der Waals surface area contributed by atoms with Crippen molar-refractivity contribution in [2.75, 3.05) is 20.6 Å². The van der Waals surface area contributed by atoms with E-state index >= 15 is 0 Å². The molecule has 2 heteroatoms. The van der Waals surface area contributed by atoms with Gasteiger partial charge in [0.2, 0.25) is 0 Å². The highest BCUT2D eigenvalue weighted by atomic mass is 16.3. The maximum absolute atomic E-state index is 9.96. The molecule has 90 valence electrons. The van der Waals surface area contributed by atoms with Crippen LogP contribution in [-0.4, -0.2) is 30.6 Å². The van der Waals surface area contributed by atoms with Crippen LogP contribution in [0.15, 0.2) is 36.4 Å². The predicted molar refractivity (Wildman–Crippen MR) is 72.5 cm³/mol. The number of phenolic OH excluding ortho intramolecular Hbond substituents is 1. The SMILES string of the molecule is CN(C)CCCc1c(O)ccc2ccccc12. The van der Waals surface area contributed by atoms with Crippen LogP contribution in [0.25, 0.3) is 10.8 Å². The van der Waals surface area contributed by atoms with Crippen molar-refractivity contribution in [2.24, 2.45) is 0 Å². The molecule has 0 saturated heterocycles. The number of aromatic hydroxyl groups is 1. The Kier molecular flexibility index (Phi) is 3.64. The highest BCUT2D eigenvalue weighted by molar-refractivity contribution is 5.87. The van der Waals surface area contributed by atoms with Gasteiger partial charge in [0, 0.05) is 5.56 Å². The van der Waals surface area contributed by atoms with Crippen LogP contribution in [0.4, 0.5) is 0 Å². The van der Waals surface area contributed by atoms with Crippen molar-refractivity contribution in [3.05, 3.63) is 42.0 Å². The molecule has 2 aromatic carbocycles. The van der Waals surface area contributed by atoms with Crippen molar-refractivity contribution in [1.29, 1.82) is 0 Å². The molecule has 2 nitrogen and oxygen atoms in total. The molecule has 1 N–H and O–H groups in total. The molecule has 0 aromatic heterocycles. The maximum atomic E-state index is 9.96. The van der Waals surface area contributed by atoms with Crippen LogP contribution >= 0.6 is 0 Å². The van der Waals surface area contributed by atoms with E-state index in [1.54, 1.807) is 6.07 Å². The molecular formula is C15H19NO. The van der Waals surface area contributed by atoms with E-state index < -0.39 is 0 Å². The summed E-state index contributed by atoms with van der Waals surface area (Å²) < 4.78 is 0. The fraction of sp³-hybridized carbons (Fsp3) is 0.333. The highest BCUT2D eigenvalue weighted by Crippen LogP contribution is 2.28. The standard InChI is InChI=1S/C15H19NO/c1-16(2)11-5-8-14-13-7-4-3-6-12(13)9-10-15(14)17/h3-4,6-7,9-10,17H,5,8,11H2,1-2H3. The summed E-state index contributed by atoms with van der Waals surface area (Å²) in [7, 11) is 4.14. The third kappa shape index (κ3) is 2.77. The fourth-order valence-electron chi connectivity index (χ4n) is 2.16. The molecule has 0 amide bonds. The van der Waals surface area contributed by atoms with E-state index in [0.29, 0.717) is 5.75 Å². The summed E-state index contributed by atoms with van der Waals surface area (Å²) in [6.07, 6.45) is 1.99. The average molecular weight is 229 g/mol. The normalized spacial score (nSPS) is 11.2. The van der Waals surface area contributed by atoms with Crippen molar-refractivity contribution < 1.29 is 5.11 Å². The third-order valence-corrected chi connectivity index (χ3v) is 3.05. The summed E-state index contributed by atoms with van der Waals surface area (Å²) in [5.74, 6) is 0.419. The number of hydrogen-bond donors (Lipinski definition) is 1. The van der Waals surface area contributed by atoms with E-state index in [9.17, 15) is 5.11 Å². The minimum Gasteiger partial charge on any atom is -0.508 e. The van der Waals surface area contributed by atoms with Gasteiger partial charge < -0.3 is 10.0 Å². The molecule has 0 aliphatic rings. The number of hydrogen-bond acceptors (Lipinski definition) is 2. The minimum atomic E-state index is 0.419. The Bertz CT molecular complexity index is 505. The molecule has 2 rings (SSSR count). The zero-order valence-electron chi connectivity index (χ0n) is 10.5. The van der Waals surface area contributed by atoms with Gasteiger partial charge in [-0.25, -0.2) is 0 Å². The van der Waals surface area contributed by atoms with Crippen LogP contribution in [0.2, 0.25) is 0 Å². The van der Waals surface area contributed by atoms with E-state index in [0.717, 1.165) is 24.9 Å². The van der Waals surface area contributed by atoms with Crippen molar-refractivity contribution in [2.45, 2.75) is 12.8 Å². The molecule has 0 saturated carbocycles. The van der Waals surface area contributed by atoms with E-state index in [1.807, 2.05) is 18.2 Å². The van der Waals surface area contributed by atoms with Crippen LogP contribution in [-0.2, 0) is 6.42 Å². The van der Waals surface area contributed by atoms with Crippen LogP contribution in [0, 0.1) is 0 Å². The molecule has 0 unspecified atom stereocenters. The lowest BCUT2D eigenvalue weighted by Gasteiger charge is -2.12. The topological polar surface area (TPSA) is 23.5 Å². The molecule has 0 radical (unpaired) electrons. The molecule has 0 bridgehead atoms. The Morgan fingerprint density at radius 1 is 1.06 bits per heavy atom. The average Bonchev–Trinajstić information content (AvgIpc) is 2.32. The van der Waals surface area contributed by atoms with Crippen LogP contribution in [0.3, 0.4) is 0 Å². The molecule has 2 aromatic rings. The number of nitrogens with zero attached hydrogens (tertiary/aromatic N) is 1. The first-order chi connectivity index (χ1) is 8.18. The molecule has 0 spiro atoms. The molecule has 0 aliphatic carbocycles. The second-order valence-electron chi connectivity index (χ2n) is 4.69. The van der Waals surface area contributed by atoms with Gasteiger partial charge in [-0.2, -0.15) is 0 Å². The number of fused-ring (bicyclic) bond motifs is 1. The second-order valence-corrected chi connectivity index (χ2v) is 4.69. The monoisotopic (exact) mass is 229 g/mol. The van der Waals surface area contributed by atoms with Gasteiger partial charge in [0.25, 0.3) is 0 Å². The molecule has 17 heavy (non-hydrogen) atoms.